The number of rotatable bonds is 5. The van der Waals surface area contributed by atoms with Crippen molar-refractivity contribution >= 4 is 11.8 Å². The Morgan fingerprint density at radius 3 is 2.87 bits per heavy atom. The maximum Gasteiger partial charge on any atom is 0.129 e. The van der Waals surface area contributed by atoms with Crippen LogP contribution >= 0.6 is 11.8 Å². The third-order valence-electron chi connectivity index (χ3n) is 2.34. The van der Waals surface area contributed by atoms with Gasteiger partial charge in [-0.2, -0.15) is 11.8 Å². The van der Waals surface area contributed by atoms with Crippen molar-refractivity contribution in [3.8, 4) is 0 Å². The smallest absolute Gasteiger partial charge is 0.129 e. The molecule has 0 aliphatic carbocycles. The number of aliphatic hydroxyl groups is 1. The van der Waals surface area contributed by atoms with Gasteiger partial charge in [0.15, 0.2) is 0 Å². The highest BCUT2D eigenvalue weighted by molar-refractivity contribution is 7.98. The van der Waals surface area contributed by atoms with Crippen LogP contribution in [0.5, 0.6) is 0 Å². The van der Waals surface area contributed by atoms with Crippen LogP contribution in [0.1, 0.15) is 30.1 Å². The maximum absolute atomic E-state index is 13.4. The van der Waals surface area contributed by atoms with E-state index in [1.54, 1.807) is 23.9 Å². The van der Waals surface area contributed by atoms with Crippen molar-refractivity contribution in [2.24, 2.45) is 0 Å². The molecule has 0 aliphatic rings. The minimum atomic E-state index is -0.669. The van der Waals surface area contributed by atoms with Crippen molar-refractivity contribution in [1.29, 1.82) is 0 Å². The molecule has 0 saturated heterocycles. The fourth-order valence-corrected chi connectivity index (χ4v) is 1.95. The number of hydrogen-bond donors (Lipinski definition) is 1. The van der Waals surface area contributed by atoms with Crippen LogP contribution in [0.25, 0.3) is 0 Å². The number of thioether (sulfide) groups is 1. The molecule has 15 heavy (non-hydrogen) atoms. The molecule has 1 unspecified atom stereocenters. The molecule has 0 radical (unpaired) electrons. The minimum absolute atomic E-state index is 0.308. The SMILES string of the molecule is CSCCCC(O)c1cc(C)ccc1F. The molecule has 0 spiro atoms. The Hall–Kier alpha value is -0.540. The molecule has 1 N–H and O–H groups in total. The normalized spacial score (nSPS) is 12.8. The summed E-state index contributed by atoms with van der Waals surface area (Å²) in [5, 5.41) is 9.80. The molecule has 0 heterocycles. The van der Waals surface area contributed by atoms with Crippen molar-refractivity contribution in [2.75, 3.05) is 12.0 Å². The number of aryl methyl sites for hydroxylation is 1. The molecule has 84 valence electrons. The van der Waals surface area contributed by atoms with Crippen LogP contribution in [-0.4, -0.2) is 17.1 Å². The van der Waals surface area contributed by atoms with Gasteiger partial charge in [0.2, 0.25) is 0 Å². The van der Waals surface area contributed by atoms with Crippen molar-refractivity contribution in [3.05, 3.63) is 35.1 Å². The first-order valence-corrected chi connectivity index (χ1v) is 6.47. The molecule has 1 aromatic carbocycles. The summed E-state index contributed by atoms with van der Waals surface area (Å²) >= 11 is 1.74. The van der Waals surface area contributed by atoms with Crippen molar-refractivity contribution in [1.82, 2.24) is 0 Å². The third kappa shape index (κ3) is 3.84. The van der Waals surface area contributed by atoms with Crippen molar-refractivity contribution in [2.45, 2.75) is 25.9 Å². The molecule has 0 aliphatic heterocycles. The van der Waals surface area contributed by atoms with Gasteiger partial charge in [0.05, 0.1) is 6.10 Å². The van der Waals surface area contributed by atoms with Gasteiger partial charge in [-0.15, -0.1) is 0 Å². The molecule has 0 fully saturated rings. The topological polar surface area (TPSA) is 20.2 Å². The van der Waals surface area contributed by atoms with Crippen LogP contribution in [0.2, 0.25) is 0 Å². The highest BCUT2D eigenvalue weighted by atomic mass is 32.2. The van der Waals surface area contributed by atoms with E-state index in [0.29, 0.717) is 12.0 Å². The molecule has 0 saturated carbocycles. The maximum atomic E-state index is 13.4. The summed E-state index contributed by atoms with van der Waals surface area (Å²) in [5.41, 5.74) is 1.41. The Morgan fingerprint density at radius 2 is 2.20 bits per heavy atom. The van der Waals surface area contributed by atoms with E-state index in [4.69, 9.17) is 0 Å². The summed E-state index contributed by atoms with van der Waals surface area (Å²) in [6.07, 6.45) is 2.90. The summed E-state index contributed by atoms with van der Waals surface area (Å²) in [6, 6.07) is 4.86. The Bertz CT molecular complexity index is 314. The van der Waals surface area contributed by atoms with Gasteiger partial charge in [-0.3, -0.25) is 0 Å². The van der Waals surface area contributed by atoms with Crippen LogP contribution in [0.4, 0.5) is 4.39 Å². The van der Waals surface area contributed by atoms with Gasteiger partial charge in [0.1, 0.15) is 5.82 Å². The Labute approximate surface area is 94.7 Å². The first-order valence-electron chi connectivity index (χ1n) is 5.08. The van der Waals surface area contributed by atoms with E-state index in [1.165, 1.54) is 6.07 Å². The van der Waals surface area contributed by atoms with E-state index in [9.17, 15) is 9.50 Å². The highest BCUT2D eigenvalue weighted by Gasteiger charge is 2.12. The second-order valence-corrected chi connectivity index (χ2v) is 4.66. The lowest BCUT2D eigenvalue weighted by molar-refractivity contribution is 0.162. The standard InChI is InChI=1S/C12H17FOS/c1-9-5-6-11(13)10(8-9)12(14)4-3-7-15-2/h5-6,8,12,14H,3-4,7H2,1-2H3. The van der Waals surface area contributed by atoms with Crippen LogP contribution in [0, 0.1) is 12.7 Å². The van der Waals surface area contributed by atoms with Crippen LogP contribution in [0.3, 0.4) is 0 Å². The molecule has 0 bridgehead atoms. The second-order valence-electron chi connectivity index (χ2n) is 3.68. The summed E-state index contributed by atoms with van der Waals surface area (Å²) in [7, 11) is 0. The van der Waals surface area contributed by atoms with Gasteiger partial charge in [0.25, 0.3) is 0 Å². The van der Waals surface area contributed by atoms with Crippen LogP contribution in [0.15, 0.2) is 18.2 Å². The predicted octanol–water partition coefficient (Wildman–Crippen LogP) is 3.31. The average molecular weight is 228 g/mol. The summed E-state index contributed by atoms with van der Waals surface area (Å²) in [5.74, 6) is 0.696. The Kier molecular flexibility index (Phi) is 5.12. The molecule has 0 amide bonds. The van der Waals surface area contributed by atoms with Gasteiger partial charge in [-0.05, 0) is 37.8 Å². The largest absolute Gasteiger partial charge is 0.388 e. The van der Waals surface area contributed by atoms with Crippen LogP contribution in [-0.2, 0) is 0 Å². The van der Waals surface area contributed by atoms with E-state index < -0.39 is 6.10 Å². The first-order chi connectivity index (χ1) is 7.15. The lowest BCUT2D eigenvalue weighted by Crippen LogP contribution is -2.01. The number of benzene rings is 1. The summed E-state index contributed by atoms with van der Waals surface area (Å²) in [4.78, 5) is 0. The van der Waals surface area contributed by atoms with Gasteiger partial charge in [-0.1, -0.05) is 17.7 Å². The third-order valence-corrected chi connectivity index (χ3v) is 3.03. The minimum Gasteiger partial charge on any atom is -0.388 e. The molecule has 1 aromatic rings. The Balaban J connectivity index is 2.64. The zero-order valence-corrected chi connectivity index (χ0v) is 9.98. The highest BCUT2D eigenvalue weighted by Crippen LogP contribution is 2.22. The predicted molar refractivity (Wildman–Crippen MR) is 63.7 cm³/mol. The number of hydrogen-bond acceptors (Lipinski definition) is 2. The van der Waals surface area contributed by atoms with Gasteiger partial charge in [-0.25, -0.2) is 4.39 Å². The molecule has 0 aromatic heterocycles. The zero-order valence-electron chi connectivity index (χ0n) is 9.16. The Morgan fingerprint density at radius 1 is 1.47 bits per heavy atom. The second kappa shape index (κ2) is 6.13. The van der Waals surface area contributed by atoms with Gasteiger partial charge >= 0.3 is 0 Å². The zero-order chi connectivity index (χ0) is 11.3. The molecule has 1 nitrogen and oxygen atoms in total. The summed E-state index contributed by atoms with van der Waals surface area (Å²) in [6.45, 7) is 1.90. The van der Waals surface area contributed by atoms with E-state index in [0.717, 1.165) is 17.7 Å². The van der Waals surface area contributed by atoms with Crippen LogP contribution < -0.4 is 0 Å². The van der Waals surface area contributed by atoms with Gasteiger partial charge in [0, 0.05) is 5.56 Å². The van der Waals surface area contributed by atoms with E-state index in [-0.39, 0.29) is 5.82 Å². The van der Waals surface area contributed by atoms with Gasteiger partial charge < -0.3 is 5.11 Å². The van der Waals surface area contributed by atoms with E-state index >= 15 is 0 Å². The quantitative estimate of drug-likeness (QED) is 0.780. The summed E-state index contributed by atoms with van der Waals surface area (Å²) < 4.78 is 13.4. The number of halogens is 1. The molecular weight excluding hydrogens is 211 g/mol. The average Bonchev–Trinajstić information content (AvgIpc) is 2.22. The van der Waals surface area contributed by atoms with E-state index in [1.807, 2.05) is 13.2 Å². The molecule has 3 heteroatoms. The van der Waals surface area contributed by atoms with Crippen molar-refractivity contribution in [3.63, 3.8) is 0 Å². The fraction of sp³-hybridized carbons (Fsp3) is 0.500. The molecular formula is C12H17FOS. The molecule has 1 rings (SSSR count). The monoisotopic (exact) mass is 228 g/mol. The fourth-order valence-electron chi connectivity index (χ4n) is 1.50. The molecule has 1 atom stereocenters. The van der Waals surface area contributed by atoms with Crippen molar-refractivity contribution < 1.29 is 9.50 Å². The first kappa shape index (κ1) is 12.5. The van der Waals surface area contributed by atoms with E-state index in [2.05, 4.69) is 0 Å². The number of aliphatic hydroxyl groups excluding tert-OH is 1. The lowest BCUT2D eigenvalue weighted by Gasteiger charge is -2.12. The lowest BCUT2D eigenvalue weighted by atomic mass is 10.0.